The van der Waals surface area contributed by atoms with Gasteiger partial charge in [-0.25, -0.2) is 0 Å². The average Bonchev–Trinajstić information content (AvgIpc) is 2.40. The summed E-state index contributed by atoms with van der Waals surface area (Å²) < 4.78 is 0. The first-order valence-electron chi connectivity index (χ1n) is 6.88. The molecule has 0 rings (SSSR count). The fourth-order valence-corrected chi connectivity index (χ4v) is 1.24. The van der Waals surface area contributed by atoms with Gasteiger partial charge in [0.2, 0.25) is 0 Å². The van der Waals surface area contributed by atoms with Crippen molar-refractivity contribution in [3.05, 3.63) is 0 Å². The molecule has 3 nitrogen and oxygen atoms in total. The van der Waals surface area contributed by atoms with Gasteiger partial charge in [0.25, 0.3) is 0 Å². The normalized spacial score (nSPS) is 12.9. The minimum absolute atomic E-state index is 0.156. The van der Waals surface area contributed by atoms with Crippen LogP contribution in [0.25, 0.3) is 0 Å². The average molecular weight is 248 g/mol. The first-order valence-corrected chi connectivity index (χ1v) is 6.88. The number of hydrogen-bond acceptors (Lipinski definition) is 3. The minimum atomic E-state index is -0.667. The molecule has 0 amide bonds. The lowest BCUT2D eigenvalue weighted by Gasteiger charge is -2.24. The quantitative estimate of drug-likeness (QED) is 0.619. The molecule has 0 heterocycles. The number of hydrogen-bond donors (Lipinski definition) is 3. The van der Waals surface area contributed by atoms with Gasteiger partial charge in [-0.15, -0.1) is 0 Å². The van der Waals surface area contributed by atoms with Crippen molar-refractivity contribution < 1.29 is 15.3 Å². The zero-order valence-corrected chi connectivity index (χ0v) is 12.1. The highest BCUT2D eigenvalue weighted by atomic mass is 16.3. The molecule has 0 aliphatic heterocycles. The van der Waals surface area contributed by atoms with Crippen LogP contribution in [0.2, 0.25) is 0 Å². The number of rotatable bonds is 8. The SMILES string of the molecule is CCC(CO)(CO)CO.CCCCC(C)CC. The van der Waals surface area contributed by atoms with E-state index in [2.05, 4.69) is 20.8 Å². The van der Waals surface area contributed by atoms with Gasteiger partial charge >= 0.3 is 0 Å². The number of unbranched alkanes of at least 4 members (excludes halogenated alkanes) is 1. The summed E-state index contributed by atoms with van der Waals surface area (Å²) in [6.07, 6.45) is 6.13. The van der Waals surface area contributed by atoms with Crippen molar-refractivity contribution in [2.45, 2.75) is 59.8 Å². The second kappa shape index (κ2) is 12.3. The first-order chi connectivity index (χ1) is 8.05. The van der Waals surface area contributed by atoms with Crippen LogP contribution in [0, 0.1) is 11.3 Å². The van der Waals surface area contributed by atoms with Gasteiger partial charge in [0.05, 0.1) is 19.8 Å². The lowest BCUT2D eigenvalue weighted by Crippen LogP contribution is -2.32. The number of aliphatic hydroxyl groups is 3. The maximum absolute atomic E-state index is 8.66. The second-order valence-corrected chi connectivity index (χ2v) is 4.98. The van der Waals surface area contributed by atoms with E-state index in [-0.39, 0.29) is 19.8 Å². The van der Waals surface area contributed by atoms with E-state index >= 15 is 0 Å². The molecule has 0 saturated carbocycles. The van der Waals surface area contributed by atoms with Crippen molar-refractivity contribution in [2.75, 3.05) is 19.8 Å². The van der Waals surface area contributed by atoms with Crippen LogP contribution in [0.5, 0.6) is 0 Å². The van der Waals surface area contributed by atoms with E-state index in [4.69, 9.17) is 15.3 Å². The molecule has 3 N–H and O–H groups in total. The molecular weight excluding hydrogens is 216 g/mol. The van der Waals surface area contributed by atoms with E-state index in [1.807, 2.05) is 6.92 Å². The van der Waals surface area contributed by atoms with E-state index in [0.29, 0.717) is 6.42 Å². The molecule has 0 aromatic rings. The van der Waals surface area contributed by atoms with Gasteiger partial charge in [0, 0.05) is 5.41 Å². The molecule has 0 aliphatic carbocycles. The Kier molecular flexibility index (Phi) is 14.0. The maximum Gasteiger partial charge on any atom is 0.0531 e. The topological polar surface area (TPSA) is 60.7 Å². The highest BCUT2D eigenvalue weighted by Gasteiger charge is 2.24. The summed E-state index contributed by atoms with van der Waals surface area (Å²) in [5.74, 6) is 0.954. The van der Waals surface area contributed by atoms with E-state index in [0.717, 1.165) is 5.92 Å². The van der Waals surface area contributed by atoms with Crippen molar-refractivity contribution in [1.82, 2.24) is 0 Å². The van der Waals surface area contributed by atoms with Crippen LogP contribution in [0.15, 0.2) is 0 Å². The third-order valence-corrected chi connectivity index (χ3v) is 3.50. The summed E-state index contributed by atoms with van der Waals surface area (Å²) >= 11 is 0. The Hall–Kier alpha value is -0.120. The van der Waals surface area contributed by atoms with Crippen LogP contribution < -0.4 is 0 Å². The fourth-order valence-electron chi connectivity index (χ4n) is 1.24. The maximum atomic E-state index is 8.66. The highest BCUT2D eigenvalue weighted by Crippen LogP contribution is 2.18. The van der Waals surface area contributed by atoms with Crippen LogP contribution in [0.1, 0.15) is 59.8 Å². The predicted molar refractivity (Wildman–Crippen MR) is 73.0 cm³/mol. The first kappa shape index (κ1) is 19.2. The van der Waals surface area contributed by atoms with Gasteiger partial charge in [-0.05, 0) is 12.3 Å². The lowest BCUT2D eigenvalue weighted by molar-refractivity contribution is 0.00304. The molecule has 0 fully saturated rings. The van der Waals surface area contributed by atoms with Crippen LogP contribution in [0.3, 0.4) is 0 Å². The molecule has 1 unspecified atom stereocenters. The van der Waals surface area contributed by atoms with E-state index in [1.165, 1.54) is 25.7 Å². The monoisotopic (exact) mass is 248 g/mol. The summed E-state index contributed by atoms with van der Waals surface area (Å²) in [5, 5.41) is 26.0. The van der Waals surface area contributed by atoms with Crippen LogP contribution in [-0.4, -0.2) is 35.1 Å². The molecule has 0 aromatic heterocycles. The smallest absolute Gasteiger partial charge is 0.0531 e. The van der Waals surface area contributed by atoms with Gasteiger partial charge in [-0.3, -0.25) is 0 Å². The molecule has 0 radical (unpaired) electrons. The molecule has 1 atom stereocenters. The van der Waals surface area contributed by atoms with Crippen molar-refractivity contribution in [2.24, 2.45) is 11.3 Å². The zero-order chi connectivity index (χ0) is 13.7. The predicted octanol–water partition coefficient (Wildman–Crippen LogP) is 2.58. The summed E-state index contributed by atoms with van der Waals surface area (Å²) in [5.41, 5.74) is -0.667. The zero-order valence-electron chi connectivity index (χ0n) is 12.1. The van der Waals surface area contributed by atoms with Gasteiger partial charge in [-0.1, -0.05) is 53.4 Å². The van der Waals surface area contributed by atoms with E-state index in [9.17, 15) is 0 Å². The van der Waals surface area contributed by atoms with Crippen LogP contribution in [-0.2, 0) is 0 Å². The minimum Gasteiger partial charge on any atom is -0.396 e. The molecule has 0 bridgehead atoms. The molecule has 3 heteroatoms. The Bertz CT molecular complexity index is 127. The van der Waals surface area contributed by atoms with Crippen molar-refractivity contribution in [3.8, 4) is 0 Å². The Labute approximate surface area is 107 Å². The third-order valence-electron chi connectivity index (χ3n) is 3.50. The Morgan fingerprint density at radius 1 is 0.941 bits per heavy atom. The largest absolute Gasteiger partial charge is 0.396 e. The Balaban J connectivity index is 0. The van der Waals surface area contributed by atoms with Crippen molar-refractivity contribution in [1.29, 1.82) is 0 Å². The molecule has 0 aromatic carbocycles. The molecule has 0 aliphatic rings. The third kappa shape index (κ3) is 9.57. The fraction of sp³-hybridized carbons (Fsp3) is 1.00. The number of aliphatic hydroxyl groups excluding tert-OH is 3. The van der Waals surface area contributed by atoms with E-state index in [1.54, 1.807) is 0 Å². The molecule has 0 saturated heterocycles. The van der Waals surface area contributed by atoms with Crippen molar-refractivity contribution in [3.63, 3.8) is 0 Å². The second-order valence-electron chi connectivity index (χ2n) is 4.98. The van der Waals surface area contributed by atoms with Gasteiger partial charge < -0.3 is 15.3 Å². The Morgan fingerprint density at radius 2 is 1.41 bits per heavy atom. The molecule has 17 heavy (non-hydrogen) atoms. The molecule has 106 valence electrons. The van der Waals surface area contributed by atoms with Crippen molar-refractivity contribution >= 4 is 0 Å². The lowest BCUT2D eigenvalue weighted by atomic mass is 9.88. The highest BCUT2D eigenvalue weighted by molar-refractivity contribution is 4.74. The van der Waals surface area contributed by atoms with Gasteiger partial charge in [0.15, 0.2) is 0 Å². The Morgan fingerprint density at radius 3 is 1.59 bits per heavy atom. The summed E-state index contributed by atoms with van der Waals surface area (Å²) in [6, 6.07) is 0. The van der Waals surface area contributed by atoms with Crippen LogP contribution in [0.4, 0.5) is 0 Å². The summed E-state index contributed by atoms with van der Waals surface area (Å²) in [6.45, 7) is 8.20. The van der Waals surface area contributed by atoms with Gasteiger partial charge in [0.1, 0.15) is 0 Å². The summed E-state index contributed by atoms with van der Waals surface area (Å²) in [7, 11) is 0. The molecule has 0 spiro atoms. The van der Waals surface area contributed by atoms with E-state index < -0.39 is 5.41 Å². The summed E-state index contributed by atoms with van der Waals surface area (Å²) in [4.78, 5) is 0. The van der Waals surface area contributed by atoms with Crippen LogP contribution >= 0.6 is 0 Å². The standard InChI is InChI=1S/C8H18.C6H14O3/c1-4-6-7-8(3)5-2;1-2-6(3-7,4-8)5-9/h8H,4-7H2,1-3H3;7-9H,2-5H2,1H3. The molecular formula is C14H32O3. The van der Waals surface area contributed by atoms with Gasteiger partial charge in [-0.2, -0.15) is 0 Å².